The van der Waals surface area contributed by atoms with Crippen molar-refractivity contribution in [3.05, 3.63) is 66.2 Å². The van der Waals surface area contributed by atoms with Gasteiger partial charge < -0.3 is 4.90 Å². The van der Waals surface area contributed by atoms with Crippen LogP contribution < -0.4 is 4.90 Å². The molecule has 0 unspecified atom stereocenters. The second-order valence-corrected chi connectivity index (χ2v) is 7.19. The van der Waals surface area contributed by atoms with Crippen LogP contribution in [0.25, 0.3) is 0 Å². The molecule has 3 fully saturated rings. The maximum absolute atomic E-state index is 13.1. The first-order chi connectivity index (χ1) is 12.7. The molecule has 3 heterocycles. The van der Waals surface area contributed by atoms with Crippen molar-refractivity contribution in [3.8, 4) is 0 Å². The molecular weight excluding hydrogens is 328 g/mol. The molecule has 0 spiro atoms. The van der Waals surface area contributed by atoms with E-state index >= 15 is 0 Å². The minimum atomic E-state index is -0.408. The van der Waals surface area contributed by atoms with Crippen LogP contribution in [0.2, 0.25) is 0 Å². The molecule has 2 aromatic rings. The van der Waals surface area contributed by atoms with Gasteiger partial charge in [-0.05, 0) is 37.1 Å². The molecule has 2 bridgehead atoms. The number of rotatable bonds is 2. The molecule has 0 N–H and O–H groups in total. The minimum absolute atomic E-state index is 0.0700. The average molecular weight is 346 g/mol. The predicted molar refractivity (Wildman–Crippen MR) is 95.3 cm³/mol. The average Bonchev–Trinajstić information content (AvgIpc) is 3.32. The van der Waals surface area contributed by atoms with Gasteiger partial charge >= 0.3 is 0 Å². The van der Waals surface area contributed by atoms with Crippen LogP contribution in [0.1, 0.15) is 23.2 Å². The van der Waals surface area contributed by atoms with E-state index in [4.69, 9.17) is 0 Å². The zero-order valence-corrected chi connectivity index (χ0v) is 14.1. The Morgan fingerprint density at radius 2 is 1.27 bits per heavy atom. The molecule has 5 heteroatoms. The van der Waals surface area contributed by atoms with E-state index < -0.39 is 11.8 Å². The Hall–Kier alpha value is -2.95. The number of imide groups is 1. The van der Waals surface area contributed by atoms with Gasteiger partial charge in [-0.25, -0.2) is 4.90 Å². The molecule has 0 aliphatic carbocycles. The van der Waals surface area contributed by atoms with Gasteiger partial charge in [0.05, 0.1) is 17.5 Å². The van der Waals surface area contributed by atoms with E-state index in [-0.39, 0.29) is 29.8 Å². The van der Waals surface area contributed by atoms with Crippen LogP contribution in [0.3, 0.4) is 0 Å². The lowest BCUT2D eigenvalue weighted by Gasteiger charge is -2.26. The van der Waals surface area contributed by atoms with Crippen molar-refractivity contribution in [2.75, 3.05) is 4.90 Å². The van der Waals surface area contributed by atoms with Gasteiger partial charge in [-0.2, -0.15) is 0 Å². The van der Waals surface area contributed by atoms with Crippen molar-refractivity contribution in [1.29, 1.82) is 0 Å². The summed E-state index contributed by atoms with van der Waals surface area (Å²) in [4.78, 5) is 42.2. The maximum Gasteiger partial charge on any atom is 0.254 e. The van der Waals surface area contributed by atoms with Crippen LogP contribution >= 0.6 is 0 Å². The van der Waals surface area contributed by atoms with Crippen molar-refractivity contribution >= 4 is 23.4 Å². The van der Waals surface area contributed by atoms with Crippen molar-refractivity contribution in [2.24, 2.45) is 11.8 Å². The van der Waals surface area contributed by atoms with Crippen LogP contribution in [0.15, 0.2) is 60.7 Å². The van der Waals surface area contributed by atoms with Gasteiger partial charge in [-0.15, -0.1) is 0 Å². The van der Waals surface area contributed by atoms with Crippen molar-refractivity contribution in [1.82, 2.24) is 4.90 Å². The molecule has 26 heavy (non-hydrogen) atoms. The molecule has 0 radical (unpaired) electrons. The number of benzene rings is 2. The lowest BCUT2D eigenvalue weighted by Crippen LogP contribution is -2.43. The third kappa shape index (κ3) is 1.94. The fraction of sp³-hybridized carbons (Fsp3) is 0.286. The molecule has 2 aromatic carbocycles. The fourth-order valence-electron chi connectivity index (χ4n) is 4.96. The van der Waals surface area contributed by atoms with Crippen LogP contribution in [0, 0.1) is 11.8 Å². The van der Waals surface area contributed by atoms with Crippen LogP contribution in [0.4, 0.5) is 5.69 Å². The number of fused-ring (bicyclic) bond motifs is 5. The normalized spacial score (nSPS) is 29.4. The van der Waals surface area contributed by atoms with Gasteiger partial charge in [0, 0.05) is 17.6 Å². The first-order valence-corrected chi connectivity index (χ1v) is 8.99. The number of anilines is 1. The molecule has 5 nitrogen and oxygen atoms in total. The number of amides is 3. The van der Waals surface area contributed by atoms with Crippen molar-refractivity contribution in [3.63, 3.8) is 0 Å². The highest BCUT2D eigenvalue weighted by Crippen LogP contribution is 2.51. The van der Waals surface area contributed by atoms with E-state index in [0.717, 1.165) is 12.8 Å². The molecular formula is C21H18N2O3. The van der Waals surface area contributed by atoms with Crippen LogP contribution in [-0.4, -0.2) is 34.7 Å². The van der Waals surface area contributed by atoms with E-state index in [0.29, 0.717) is 11.3 Å². The maximum atomic E-state index is 13.1. The summed E-state index contributed by atoms with van der Waals surface area (Å²) in [6.45, 7) is 0. The van der Waals surface area contributed by atoms with Gasteiger partial charge in [0.1, 0.15) is 0 Å². The molecule has 4 atom stereocenters. The van der Waals surface area contributed by atoms with Gasteiger partial charge in [-0.3, -0.25) is 14.4 Å². The standard InChI is InChI=1S/C21H18N2O3/c24-19(13-7-3-1-4-8-13)23-15-11-12-16(23)18-17(15)20(25)22(21(18)26)14-9-5-2-6-10-14/h1-10,15-18H,11-12H2/t15-,16-,17-,18-/m1/s1. The zero-order chi connectivity index (χ0) is 17.8. The second-order valence-electron chi connectivity index (χ2n) is 7.19. The van der Waals surface area contributed by atoms with Crippen LogP contribution in [-0.2, 0) is 9.59 Å². The third-order valence-electron chi connectivity index (χ3n) is 5.97. The minimum Gasteiger partial charge on any atom is -0.331 e. The summed E-state index contributed by atoms with van der Waals surface area (Å²) in [5.41, 5.74) is 1.24. The van der Waals surface area contributed by atoms with Gasteiger partial charge in [0.2, 0.25) is 11.8 Å². The SMILES string of the molecule is O=C1[C@H]2[C@H](C(=O)N1c1ccccc1)[C@H]1CC[C@H]2N1C(=O)c1ccccc1. The number of carbonyl (C=O) groups excluding carboxylic acids is 3. The number of hydrogen-bond acceptors (Lipinski definition) is 3. The third-order valence-corrected chi connectivity index (χ3v) is 5.97. The lowest BCUT2D eigenvalue weighted by molar-refractivity contribution is -0.123. The zero-order valence-electron chi connectivity index (χ0n) is 14.1. The van der Waals surface area contributed by atoms with Gasteiger partial charge in [0.25, 0.3) is 5.91 Å². The van der Waals surface area contributed by atoms with Crippen molar-refractivity contribution < 1.29 is 14.4 Å². The Morgan fingerprint density at radius 3 is 1.81 bits per heavy atom. The Labute approximate surface area is 151 Å². The Kier molecular flexibility index (Phi) is 3.26. The highest BCUT2D eigenvalue weighted by molar-refractivity contribution is 6.23. The second kappa shape index (κ2) is 5.53. The number of para-hydroxylation sites is 1. The molecule has 5 rings (SSSR count). The number of hydrogen-bond donors (Lipinski definition) is 0. The van der Waals surface area contributed by atoms with E-state index in [1.807, 2.05) is 41.3 Å². The summed E-state index contributed by atoms with van der Waals surface area (Å²) in [5, 5.41) is 0. The summed E-state index contributed by atoms with van der Waals surface area (Å²) in [7, 11) is 0. The number of nitrogens with zero attached hydrogens (tertiary/aromatic N) is 2. The Morgan fingerprint density at radius 1 is 0.769 bits per heavy atom. The van der Waals surface area contributed by atoms with E-state index in [1.54, 1.807) is 24.3 Å². The molecule has 3 amide bonds. The molecule has 3 aliphatic heterocycles. The first-order valence-electron chi connectivity index (χ1n) is 8.99. The lowest BCUT2D eigenvalue weighted by atomic mass is 9.81. The predicted octanol–water partition coefficient (Wildman–Crippen LogP) is 2.48. The highest BCUT2D eigenvalue weighted by Gasteiger charge is 2.65. The fourth-order valence-corrected chi connectivity index (χ4v) is 4.96. The molecule has 0 saturated carbocycles. The van der Waals surface area contributed by atoms with Gasteiger partial charge in [-0.1, -0.05) is 36.4 Å². The van der Waals surface area contributed by atoms with Crippen molar-refractivity contribution in [2.45, 2.75) is 24.9 Å². The quantitative estimate of drug-likeness (QED) is 0.785. The molecule has 0 aromatic heterocycles. The van der Waals surface area contributed by atoms with E-state index in [1.165, 1.54) is 4.90 Å². The summed E-state index contributed by atoms with van der Waals surface area (Å²) >= 11 is 0. The molecule has 3 aliphatic rings. The number of carbonyl (C=O) groups is 3. The summed E-state index contributed by atoms with van der Waals surface area (Å²) in [6, 6.07) is 17.8. The smallest absolute Gasteiger partial charge is 0.254 e. The highest BCUT2D eigenvalue weighted by atomic mass is 16.2. The summed E-state index contributed by atoms with van der Waals surface area (Å²) in [6.07, 6.45) is 1.57. The largest absolute Gasteiger partial charge is 0.331 e. The molecule has 130 valence electrons. The molecule has 3 saturated heterocycles. The first kappa shape index (κ1) is 15.3. The Balaban J connectivity index is 1.49. The summed E-state index contributed by atoms with van der Waals surface area (Å²) in [5.74, 6) is -1.21. The Bertz CT molecular complexity index is 866. The van der Waals surface area contributed by atoms with E-state index in [9.17, 15) is 14.4 Å². The van der Waals surface area contributed by atoms with E-state index in [2.05, 4.69) is 0 Å². The monoisotopic (exact) mass is 346 g/mol. The topological polar surface area (TPSA) is 57.7 Å². The van der Waals surface area contributed by atoms with Gasteiger partial charge in [0.15, 0.2) is 0 Å². The summed E-state index contributed by atoms with van der Waals surface area (Å²) < 4.78 is 0. The van der Waals surface area contributed by atoms with Crippen LogP contribution in [0.5, 0.6) is 0 Å².